The molecule has 1 aromatic carbocycles. The van der Waals surface area contributed by atoms with Crippen LogP contribution in [-0.4, -0.2) is 6.54 Å². The Morgan fingerprint density at radius 3 is 2.86 bits per heavy atom. The Morgan fingerprint density at radius 1 is 1.33 bits per heavy atom. The Hall–Kier alpha value is -1.52. The molecule has 2 rings (SSSR count). The van der Waals surface area contributed by atoms with Gasteiger partial charge in [-0.05, 0) is 38.1 Å². The van der Waals surface area contributed by atoms with E-state index in [2.05, 4.69) is 12.2 Å². The van der Waals surface area contributed by atoms with Crippen LogP contribution in [-0.2, 0) is 13.2 Å². The van der Waals surface area contributed by atoms with Crippen molar-refractivity contribution < 1.29 is 13.5 Å². The first-order valence-electron chi connectivity index (χ1n) is 6.97. The van der Waals surface area contributed by atoms with Crippen LogP contribution < -0.4 is 10.1 Å². The first-order valence-corrected chi connectivity index (χ1v) is 7.34. The second-order valence-electron chi connectivity index (χ2n) is 4.84. The molecule has 0 saturated carbocycles. The number of benzene rings is 1. The highest BCUT2D eigenvalue weighted by Gasteiger charge is 2.08. The number of halogens is 2. The van der Waals surface area contributed by atoms with Gasteiger partial charge in [-0.25, -0.2) is 4.39 Å². The Kier molecular flexibility index (Phi) is 5.65. The summed E-state index contributed by atoms with van der Waals surface area (Å²) in [5.74, 6) is 1.68. The van der Waals surface area contributed by atoms with E-state index in [1.165, 1.54) is 12.1 Å². The van der Waals surface area contributed by atoms with E-state index in [1.807, 2.05) is 13.0 Å². The summed E-state index contributed by atoms with van der Waals surface area (Å²) in [5, 5.41) is 3.38. The van der Waals surface area contributed by atoms with Crippen LogP contribution in [0.25, 0.3) is 0 Å². The largest absolute Gasteiger partial charge is 0.486 e. The maximum Gasteiger partial charge on any atom is 0.146 e. The van der Waals surface area contributed by atoms with Gasteiger partial charge in [-0.15, -0.1) is 0 Å². The number of nitrogens with one attached hydrogen (secondary N) is 1. The van der Waals surface area contributed by atoms with Crippen molar-refractivity contribution in [1.82, 2.24) is 5.32 Å². The molecule has 1 N–H and O–H groups in total. The molecular weight excluding hydrogens is 293 g/mol. The molecule has 0 fully saturated rings. The summed E-state index contributed by atoms with van der Waals surface area (Å²) in [6, 6.07) is 6.26. The van der Waals surface area contributed by atoms with Gasteiger partial charge in [-0.3, -0.25) is 0 Å². The minimum absolute atomic E-state index is 0.0487. The Labute approximate surface area is 129 Å². The predicted octanol–water partition coefficient (Wildman–Crippen LogP) is 4.46. The number of furan rings is 1. The van der Waals surface area contributed by atoms with Crippen LogP contribution >= 0.6 is 11.6 Å². The van der Waals surface area contributed by atoms with E-state index in [4.69, 9.17) is 20.8 Å². The number of hydrogen-bond donors (Lipinski definition) is 1. The van der Waals surface area contributed by atoms with Gasteiger partial charge in [0.05, 0.1) is 5.02 Å². The Bertz CT molecular complexity index is 598. The predicted molar refractivity (Wildman–Crippen MR) is 81.2 cm³/mol. The molecule has 1 heterocycles. The van der Waals surface area contributed by atoms with Crippen LogP contribution in [0.1, 0.15) is 30.4 Å². The van der Waals surface area contributed by atoms with Gasteiger partial charge in [-0.2, -0.15) is 0 Å². The summed E-state index contributed by atoms with van der Waals surface area (Å²) in [6.45, 7) is 6.11. The number of ether oxygens (including phenoxy) is 1. The van der Waals surface area contributed by atoms with Crippen LogP contribution in [0.2, 0.25) is 5.02 Å². The molecule has 0 radical (unpaired) electrons. The maximum absolute atomic E-state index is 13.1. The average molecular weight is 312 g/mol. The lowest BCUT2D eigenvalue weighted by atomic mass is 10.2. The van der Waals surface area contributed by atoms with Crippen LogP contribution in [0.5, 0.6) is 5.75 Å². The lowest BCUT2D eigenvalue weighted by Gasteiger charge is -2.04. The van der Waals surface area contributed by atoms with Gasteiger partial charge in [0.25, 0.3) is 0 Å². The normalized spacial score (nSPS) is 10.9. The third-order valence-corrected chi connectivity index (χ3v) is 3.38. The lowest BCUT2D eigenvalue weighted by molar-refractivity contribution is 0.267. The number of aryl methyl sites for hydroxylation is 1. The van der Waals surface area contributed by atoms with Crippen molar-refractivity contribution in [3.63, 3.8) is 0 Å². The molecule has 21 heavy (non-hydrogen) atoms. The van der Waals surface area contributed by atoms with E-state index in [9.17, 15) is 4.39 Å². The summed E-state index contributed by atoms with van der Waals surface area (Å²) in [4.78, 5) is 0. The molecule has 0 bridgehead atoms. The zero-order valence-electron chi connectivity index (χ0n) is 12.2. The molecular formula is C16H19ClFNO2. The number of hydrogen-bond acceptors (Lipinski definition) is 3. The molecule has 0 aliphatic rings. The van der Waals surface area contributed by atoms with Crippen LogP contribution in [0, 0.1) is 12.7 Å². The summed E-state index contributed by atoms with van der Waals surface area (Å²) in [5.41, 5.74) is 1.12. The quantitative estimate of drug-likeness (QED) is 0.767. The van der Waals surface area contributed by atoms with E-state index in [0.29, 0.717) is 5.75 Å². The third-order valence-electron chi connectivity index (χ3n) is 3.09. The summed E-state index contributed by atoms with van der Waals surface area (Å²) < 4.78 is 24.3. The molecule has 0 aliphatic heterocycles. The zero-order chi connectivity index (χ0) is 15.2. The van der Waals surface area contributed by atoms with E-state index < -0.39 is 5.82 Å². The molecule has 0 atom stereocenters. The van der Waals surface area contributed by atoms with Gasteiger partial charge in [-0.1, -0.05) is 18.5 Å². The average Bonchev–Trinajstić information content (AvgIpc) is 2.81. The fourth-order valence-corrected chi connectivity index (χ4v) is 2.13. The lowest BCUT2D eigenvalue weighted by Crippen LogP contribution is -2.13. The highest BCUT2D eigenvalue weighted by Crippen LogP contribution is 2.23. The maximum atomic E-state index is 13.1. The zero-order valence-corrected chi connectivity index (χ0v) is 13.0. The van der Waals surface area contributed by atoms with Gasteiger partial charge in [0.2, 0.25) is 0 Å². The summed E-state index contributed by atoms with van der Waals surface area (Å²) in [6.07, 6.45) is 1.10. The van der Waals surface area contributed by atoms with E-state index in [-0.39, 0.29) is 11.6 Å². The van der Waals surface area contributed by atoms with Crippen LogP contribution in [0.4, 0.5) is 4.39 Å². The molecule has 1 aromatic heterocycles. The second kappa shape index (κ2) is 7.48. The van der Waals surface area contributed by atoms with Crippen molar-refractivity contribution in [2.75, 3.05) is 6.54 Å². The van der Waals surface area contributed by atoms with Crippen molar-refractivity contribution in [3.8, 4) is 5.75 Å². The molecule has 0 unspecified atom stereocenters. The molecule has 0 spiro atoms. The molecule has 2 aromatic rings. The summed E-state index contributed by atoms with van der Waals surface area (Å²) >= 11 is 5.71. The van der Waals surface area contributed by atoms with Gasteiger partial charge in [0, 0.05) is 18.2 Å². The SMILES string of the molecule is CCCNCc1cc(COc2ccc(F)c(Cl)c2)oc1C. The van der Waals surface area contributed by atoms with Crippen molar-refractivity contribution >= 4 is 11.6 Å². The fourth-order valence-electron chi connectivity index (χ4n) is 1.96. The van der Waals surface area contributed by atoms with Gasteiger partial charge < -0.3 is 14.5 Å². The van der Waals surface area contributed by atoms with Gasteiger partial charge in [0.1, 0.15) is 29.7 Å². The van der Waals surface area contributed by atoms with Crippen molar-refractivity contribution in [3.05, 3.63) is 52.2 Å². The van der Waals surface area contributed by atoms with E-state index in [0.717, 1.165) is 36.6 Å². The highest BCUT2D eigenvalue weighted by molar-refractivity contribution is 6.30. The van der Waals surface area contributed by atoms with Gasteiger partial charge >= 0.3 is 0 Å². The molecule has 5 heteroatoms. The molecule has 0 amide bonds. The molecule has 0 saturated heterocycles. The summed E-state index contributed by atoms with van der Waals surface area (Å²) in [7, 11) is 0. The third kappa shape index (κ3) is 4.48. The van der Waals surface area contributed by atoms with Gasteiger partial charge in [0.15, 0.2) is 0 Å². The Balaban J connectivity index is 1.93. The minimum atomic E-state index is -0.456. The Morgan fingerprint density at radius 2 is 2.14 bits per heavy atom. The molecule has 0 aliphatic carbocycles. The van der Waals surface area contributed by atoms with Crippen molar-refractivity contribution in [2.24, 2.45) is 0 Å². The minimum Gasteiger partial charge on any atom is -0.486 e. The molecule has 114 valence electrons. The van der Waals surface area contributed by atoms with Crippen molar-refractivity contribution in [1.29, 1.82) is 0 Å². The standard InChI is InChI=1S/C16H19ClFNO2/c1-3-6-19-9-12-7-14(21-11(12)2)10-20-13-4-5-16(18)15(17)8-13/h4-5,7-8,19H,3,6,9-10H2,1-2H3. The van der Waals surface area contributed by atoms with Crippen molar-refractivity contribution in [2.45, 2.75) is 33.4 Å². The highest BCUT2D eigenvalue weighted by atomic mass is 35.5. The monoisotopic (exact) mass is 311 g/mol. The number of rotatable bonds is 7. The first kappa shape index (κ1) is 15.9. The van der Waals surface area contributed by atoms with Crippen LogP contribution in [0.3, 0.4) is 0 Å². The van der Waals surface area contributed by atoms with E-state index >= 15 is 0 Å². The topological polar surface area (TPSA) is 34.4 Å². The van der Waals surface area contributed by atoms with Crippen LogP contribution in [0.15, 0.2) is 28.7 Å². The first-order chi connectivity index (χ1) is 10.1. The fraction of sp³-hybridized carbons (Fsp3) is 0.375. The second-order valence-corrected chi connectivity index (χ2v) is 5.24. The smallest absolute Gasteiger partial charge is 0.146 e. The van der Waals surface area contributed by atoms with E-state index in [1.54, 1.807) is 6.07 Å². The molecule has 3 nitrogen and oxygen atoms in total.